The van der Waals surface area contributed by atoms with Gasteiger partial charge in [0.2, 0.25) is 0 Å². The van der Waals surface area contributed by atoms with Gasteiger partial charge in [-0.05, 0) is 83.7 Å². The van der Waals surface area contributed by atoms with Crippen LogP contribution in [0.25, 0.3) is 23.3 Å². The van der Waals surface area contributed by atoms with Gasteiger partial charge in [0, 0.05) is 0 Å². The van der Waals surface area contributed by atoms with Crippen molar-refractivity contribution in [1.82, 2.24) is 0 Å². The molecular formula is C32H24F6. The molecule has 6 heteroatoms. The zero-order valence-corrected chi connectivity index (χ0v) is 20.7. The number of benzene rings is 4. The van der Waals surface area contributed by atoms with E-state index in [-0.39, 0.29) is 0 Å². The summed E-state index contributed by atoms with van der Waals surface area (Å²) < 4.78 is 79.6. The fourth-order valence-corrected chi connectivity index (χ4v) is 3.97. The third-order valence-corrected chi connectivity index (χ3v) is 6.11. The van der Waals surface area contributed by atoms with Crippen LogP contribution in [-0.2, 0) is 12.4 Å². The number of allylic oxidation sites excluding steroid dienone is 2. The predicted molar refractivity (Wildman–Crippen MR) is 141 cm³/mol. The molecule has 38 heavy (non-hydrogen) atoms. The highest BCUT2D eigenvalue weighted by molar-refractivity contribution is 6.15. The molecule has 0 amide bonds. The third-order valence-electron chi connectivity index (χ3n) is 6.11. The molecule has 4 rings (SSSR count). The molecule has 4 aromatic carbocycles. The minimum Gasteiger partial charge on any atom is -0.166 e. The Morgan fingerprint density at radius 3 is 1.00 bits per heavy atom. The Morgan fingerprint density at radius 1 is 0.447 bits per heavy atom. The van der Waals surface area contributed by atoms with Gasteiger partial charge in [-0.1, -0.05) is 83.9 Å². The summed E-state index contributed by atoms with van der Waals surface area (Å²) in [7, 11) is 0. The van der Waals surface area contributed by atoms with Gasteiger partial charge in [0.1, 0.15) is 0 Å². The number of hydrogen-bond acceptors (Lipinski definition) is 0. The molecule has 194 valence electrons. The van der Waals surface area contributed by atoms with Crippen LogP contribution in [0.1, 0.15) is 44.5 Å². The number of halogens is 6. The standard InChI is InChI=1S/C32H24F6/c1-21-3-7-23(8-4-21)19-29(25-11-15-27(16-12-25)31(33,34)35)30(20-24-9-5-22(2)6-10-24)26-13-17-28(18-14-26)32(36,37)38/h3-20H,1-2H3/b29-19+,30-20+. The Hall–Kier alpha value is -4.06. The van der Waals surface area contributed by atoms with Gasteiger partial charge in [-0.2, -0.15) is 26.3 Å². The summed E-state index contributed by atoms with van der Waals surface area (Å²) in [4.78, 5) is 0. The van der Waals surface area contributed by atoms with E-state index in [9.17, 15) is 26.3 Å². The minimum absolute atomic E-state index is 0.497. The maximum atomic E-state index is 13.3. The van der Waals surface area contributed by atoms with E-state index in [4.69, 9.17) is 0 Å². The lowest BCUT2D eigenvalue weighted by Crippen LogP contribution is -2.05. The second kappa shape index (κ2) is 10.7. The monoisotopic (exact) mass is 522 g/mol. The molecule has 0 N–H and O–H groups in total. The third kappa shape index (κ3) is 6.62. The molecule has 0 radical (unpaired) electrons. The summed E-state index contributed by atoms with van der Waals surface area (Å²) in [5.74, 6) is 0. The summed E-state index contributed by atoms with van der Waals surface area (Å²) >= 11 is 0. The highest BCUT2D eigenvalue weighted by atomic mass is 19.4. The van der Waals surface area contributed by atoms with E-state index in [1.807, 2.05) is 74.5 Å². The van der Waals surface area contributed by atoms with Crippen LogP contribution in [0.3, 0.4) is 0 Å². The number of aryl methyl sites for hydroxylation is 2. The first kappa shape index (κ1) is 27.0. The Bertz CT molecular complexity index is 1320. The molecule has 0 nitrogen and oxygen atoms in total. The molecule has 0 fully saturated rings. The van der Waals surface area contributed by atoms with Crippen LogP contribution in [-0.4, -0.2) is 0 Å². The minimum atomic E-state index is -4.49. The van der Waals surface area contributed by atoms with Gasteiger partial charge in [-0.3, -0.25) is 0 Å². The topological polar surface area (TPSA) is 0 Å². The van der Waals surface area contributed by atoms with E-state index in [0.29, 0.717) is 22.3 Å². The Labute approximate surface area is 217 Å². The lowest BCUT2D eigenvalue weighted by atomic mass is 9.88. The van der Waals surface area contributed by atoms with Crippen LogP contribution in [0.2, 0.25) is 0 Å². The van der Waals surface area contributed by atoms with Crippen LogP contribution < -0.4 is 0 Å². The van der Waals surface area contributed by atoms with Crippen molar-refractivity contribution in [1.29, 1.82) is 0 Å². The van der Waals surface area contributed by atoms with Crippen molar-refractivity contribution < 1.29 is 26.3 Å². The predicted octanol–water partition coefficient (Wildman–Crippen LogP) is 10.1. The van der Waals surface area contributed by atoms with Crippen LogP contribution in [0.5, 0.6) is 0 Å². The maximum absolute atomic E-state index is 13.3. The Balaban J connectivity index is 1.94. The van der Waals surface area contributed by atoms with E-state index in [1.165, 1.54) is 24.3 Å². The molecule has 4 aromatic rings. The molecule has 0 unspecified atom stereocenters. The van der Waals surface area contributed by atoms with Gasteiger partial charge in [0.05, 0.1) is 11.1 Å². The molecule has 0 saturated heterocycles. The summed E-state index contributed by atoms with van der Waals surface area (Å²) in [5.41, 5.74) is 4.25. The number of rotatable bonds is 5. The largest absolute Gasteiger partial charge is 0.416 e. The van der Waals surface area contributed by atoms with Gasteiger partial charge in [0.25, 0.3) is 0 Å². The second-order valence-electron chi connectivity index (χ2n) is 9.09. The van der Waals surface area contributed by atoms with Crippen molar-refractivity contribution >= 4 is 23.3 Å². The van der Waals surface area contributed by atoms with Gasteiger partial charge in [-0.25, -0.2) is 0 Å². The lowest BCUT2D eigenvalue weighted by molar-refractivity contribution is -0.138. The van der Waals surface area contributed by atoms with Gasteiger partial charge < -0.3 is 0 Å². The van der Waals surface area contributed by atoms with E-state index in [1.54, 1.807) is 0 Å². The quantitative estimate of drug-likeness (QED) is 0.139. The smallest absolute Gasteiger partial charge is 0.166 e. The van der Waals surface area contributed by atoms with Crippen molar-refractivity contribution in [3.05, 3.63) is 142 Å². The second-order valence-corrected chi connectivity index (χ2v) is 9.09. The lowest BCUT2D eigenvalue weighted by Gasteiger charge is -2.17. The van der Waals surface area contributed by atoms with Crippen molar-refractivity contribution in [3.63, 3.8) is 0 Å². The molecule has 0 aliphatic carbocycles. The van der Waals surface area contributed by atoms with E-state index >= 15 is 0 Å². The first-order valence-electron chi connectivity index (χ1n) is 11.8. The molecule has 0 aliphatic rings. The SMILES string of the molecule is Cc1ccc(/C=C(/C(=C/c2ccc(C)cc2)c2ccc(C(F)(F)F)cc2)c2ccc(C(F)(F)F)cc2)cc1. The highest BCUT2D eigenvalue weighted by Crippen LogP contribution is 2.38. The fourth-order valence-electron chi connectivity index (χ4n) is 3.97. The summed E-state index contributed by atoms with van der Waals surface area (Å²) in [6.07, 6.45) is -5.32. The van der Waals surface area contributed by atoms with E-state index in [0.717, 1.165) is 46.5 Å². The molecule has 0 aromatic heterocycles. The van der Waals surface area contributed by atoms with Crippen molar-refractivity contribution in [3.8, 4) is 0 Å². The van der Waals surface area contributed by atoms with E-state index in [2.05, 4.69) is 0 Å². The molecule has 0 bridgehead atoms. The molecule has 0 spiro atoms. The fraction of sp³-hybridized carbons (Fsp3) is 0.125. The zero-order valence-electron chi connectivity index (χ0n) is 20.7. The number of hydrogen-bond donors (Lipinski definition) is 0. The van der Waals surface area contributed by atoms with Crippen LogP contribution >= 0.6 is 0 Å². The van der Waals surface area contributed by atoms with Crippen molar-refractivity contribution in [2.45, 2.75) is 26.2 Å². The first-order valence-corrected chi connectivity index (χ1v) is 11.8. The van der Waals surface area contributed by atoms with Gasteiger partial charge in [0.15, 0.2) is 0 Å². The highest BCUT2D eigenvalue weighted by Gasteiger charge is 2.31. The summed E-state index contributed by atoms with van der Waals surface area (Å²) in [6.45, 7) is 3.88. The first-order chi connectivity index (χ1) is 17.9. The maximum Gasteiger partial charge on any atom is 0.416 e. The molecule has 0 saturated carbocycles. The van der Waals surface area contributed by atoms with Gasteiger partial charge >= 0.3 is 12.4 Å². The van der Waals surface area contributed by atoms with Crippen LogP contribution in [0.4, 0.5) is 26.3 Å². The van der Waals surface area contributed by atoms with Crippen molar-refractivity contribution in [2.75, 3.05) is 0 Å². The average molecular weight is 523 g/mol. The Morgan fingerprint density at radius 2 is 0.737 bits per heavy atom. The molecular weight excluding hydrogens is 498 g/mol. The van der Waals surface area contributed by atoms with Crippen molar-refractivity contribution in [2.24, 2.45) is 0 Å². The van der Waals surface area contributed by atoms with Gasteiger partial charge in [-0.15, -0.1) is 0 Å². The van der Waals surface area contributed by atoms with Crippen LogP contribution in [0, 0.1) is 13.8 Å². The van der Waals surface area contributed by atoms with E-state index < -0.39 is 23.5 Å². The summed E-state index contributed by atoms with van der Waals surface area (Å²) in [6, 6.07) is 24.8. The molecule has 0 aliphatic heterocycles. The van der Waals surface area contributed by atoms with Crippen LogP contribution in [0.15, 0.2) is 97.1 Å². The normalized spacial score (nSPS) is 13.1. The zero-order chi connectivity index (χ0) is 27.5. The Kier molecular flexibility index (Phi) is 7.63. The number of alkyl halides is 6. The molecule has 0 heterocycles. The molecule has 0 atom stereocenters. The summed E-state index contributed by atoms with van der Waals surface area (Å²) in [5, 5.41) is 0. The average Bonchev–Trinajstić information content (AvgIpc) is 2.87.